The molecule has 1 aromatic carbocycles. The van der Waals surface area contributed by atoms with Gasteiger partial charge in [-0.2, -0.15) is 0 Å². The van der Waals surface area contributed by atoms with E-state index >= 15 is 0 Å². The zero-order valence-electron chi connectivity index (χ0n) is 17.8. The van der Waals surface area contributed by atoms with Crippen LogP contribution in [0, 0.1) is 5.82 Å². The standard InChI is InChI=1S/C24H27FN6O/c25-20-5-1-3-18(13-20)8-11-28-24-22(31(17-32)15-19-4-2-10-27-14-19)6-7-23(29-24)30-12-9-21(26)16-30/h1-7,10,13-14,17,21H,8-9,11-12,15-16,26H2,(H,28,29). The number of benzene rings is 1. The summed E-state index contributed by atoms with van der Waals surface area (Å²) in [5, 5.41) is 3.35. The van der Waals surface area contributed by atoms with Gasteiger partial charge in [0.05, 0.1) is 12.2 Å². The summed E-state index contributed by atoms with van der Waals surface area (Å²) in [6.07, 6.45) is 5.79. The Balaban J connectivity index is 1.56. The van der Waals surface area contributed by atoms with Crippen LogP contribution in [0.2, 0.25) is 0 Å². The minimum absolute atomic E-state index is 0.137. The summed E-state index contributed by atoms with van der Waals surface area (Å²) in [6, 6.07) is 14.3. The summed E-state index contributed by atoms with van der Waals surface area (Å²) in [5.41, 5.74) is 8.55. The third-order valence-corrected chi connectivity index (χ3v) is 5.52. The van der Waals surface area contributed by atoms with Gasteiger partial charge in [0, 0.05) is 38.1 Å². The molecule has 2 aromatic heterocycles. The third kappa shape index (κ3) is 5.39. The van der Waals surface area contributed by atoms with Crippen LogP contribution in [0.4, 0.5) is 21.7 Å². The number of carbonyl (C=O) groups is 1. The summed E-state index contributed by atoms with van der Waals surface area (Å²) in [7, 11) is 0. The van der Waals surface area contributed by atoms with Gasteiger partial charge in [-0.1, -0.05) is 18.2 Å². The van der Waals surface area contributed by atoms with Crippen LogP contribution >= 0.6 is 0 Å². The number of halogens is 1. The second-order valence-corrected chi connectivity index (χ2v) is 7.93. The fourth-order valence-corrected chi connectivity index (χ4v) is 3.86. The van der Waals surface area contributed by atoms with E-state index in [1.165, 1.54) is 12.1 Å². The predicted octanol–water partition coefficient (Wildman–Crippen LogP) is 2.97. The van der Waals surface area contributed by atoms with Crippen molar-refractivity contribution in [3.05, 3.63) is 77.9 Å². The first-order chi connectivity index (χ1) is 15.6. The minimum Gasteiger partial charge on any atom is -0.368 e. The van der Waals surface area contributed by atoms with Gasteiger partial charge in [0.15, 0.2) is 5.82 Å². The van der Waals surface area contributed by atoms with Gasteiger partial charge in [-0.15, -0.1) is 0 Å². The molecule has 32 heavy (non-hydrogen) atoms. The molecule has 3 heterocycles. The van der Waals surface area contributed by atoms with E-state index in [0.29, 0.717) is 31.0 Å². The first-order valence-corrected chi connectivity index (χ1v) is 10.7. The molecule has 3 aromatic rings. The normalized spacial score (nSPS) is 15.6. The third-order valence-electron chi connectivity index (χ3n) is 5.52. The molecule has 0 saturated carbocycles. The molecule has 0 spiro atoms. The fraction of sp³-hybridized carbons (Fsp3) is 0.292. The maximum absolute atomic E-state index is 13.5. The lowest BCUT2D eigenvalue weighted by molar-refractivity contribution is -0.107. The Morgan fingerprint density at radius 2 is 2.09 bits per heavy atom. The smallest absolute Gasteiger partial charge is 0.214 e. The van der Waals surface area contributed by atoms with Gasteiger partial charge in [0.25, 0.3) is 0 Å². The highest BCUT2D eigenvalue weighted by molar-refractivity contribution is 5.82. The number of pyridine rings is 2. The quantitative estimate of drug-likeness (QED) is 0.504. The Morgan fingerprint density at radius 3 is 2.81 bits per heavy atom. The Morgan fingerprint density at radius 1 is 1.22 bits per heavy atom. The van der Waals surface area contributed by atoms with Gasteiger partial charge in [-0.05, 0) is 54.3 Å². The molecule has 8 heteroatoms. The zero-order chi connectivity index (χ0) is 22.3. The van der Waals surface area contributed by atoms with Crippen molar-refractivity contribution in [2.75, 3.05) is 34.8 Å². The molecule has 1 amide bonds. The first-order valence-electron chi connectivity index (χ1n) is 10.7. The summed E-state index contributed by atoms with van der Waals surface area (Å²) < 4.78 is 13.5. The second-order valence-electron chi connectivity index (χ2n) is 7.93. The number of rotatable bonds is 9. The summed E-state index contributed by atoms with van der Waals surface area (Å²) in [4.78, 5) is 24.7. The van der Waals surface area contributed by atoms with Crippen LogP contribution < -0.4 is 20.9 Å². The summed E-state index contributed by atoms with van der Waals surface area (Å²) in [5.74, 6) is 1.18. The number of amides is 1. The highest BCUT2D eigenvalue weighted by Gasteiger charge is 2.22. The molecule has 1 fully saturated rings. The van der Waals surface area contributed by atoms with Gasteiger partial charge in [-0.3, -0.25) is 9.78 Å². The maximum atomic E-state index is 13.5. The van der Waals surface area contributed by atoms with Crippen LogP contribution in [0.15, 0.2) is 60.9 Å². The van der Waals surface area contributed by atoms with Crippen LogP contribution in [0.25, 0.3) is 0 Å². The van der Waals surface area contributed by atoms with E-state index in [4.69, 9.17) is 10.7 Å². The van der Waals surface area contributed by atoms with Crippen LogP contribution in [-0.4, -0.2) is 42.1 Å². The molecule has 0 bridgehead atoms. The highest BCUT2D eigenvalue weighted by atomic mass is 19.1. The molecular weight excluding hydrogens is 407 g/mol. The Kier molecular flexibility index (Phi) is 6.91. The lowest BCUT2D eigenvalue weighted by Gasteiger charge is -2.24. The predicted molar refractivity (Wildman–Crippen MR) is 124 cm³/mol. The largest absolute Gasteiger partial charge is 0.368 e. The zero-order valence-corrected chi connectivity index (χ0v) is 17.8. The Bertz CT molecular complexity index is 1050. The lowest BCUT2D eigenvalue weighted by atomic mass is 10.1. The van der Waals surface area contributed by atoms with Gasteiger partial charge in [0.1, 0.15) is 11.6 Å². The molecule has 7 nitrogen and oxygen atoms in total. The van der Waals surface area contributed by atoms with Gasteiger partial charge in [0.2, 0.25) is 6.41 Å². The first kappa shape index (κ1) is 21.7. The SMILES string of the molecule is NC1CCN(c2ccc(N(C=O)Cc3cccnc3)c(NCCc3cccc(F)c3)n2)C1. The van der Waals surface area contributed by atoms with E-state index in [2.05, 4.69) is 15.2 Å². The molecule has 1 aliphatic heterocycles. The van der Waals surface area contributed by atoms with Crippen LogP contribution in [0.3, 0.4) is 0 Å². The molecule has 1 atom stereocenters. The Labute approximate surface area is 187 Å². The van der Waals surface area contributed by atoms with Crippen molar-refractivity contribution < 1.29 is 9.18 Å². The number of nitrogens with two attached hydrogens (primary N) is 1. The van der Waals surface area contributed by atoms with Crippen LogP contribution in [0.5, 0.6) is 0 Å². The fourth-order valence-electron chi connectivity index (χ4n) is 3.86. The lowest BCUT2D eigenvalue weighted by Crippen LogP contribution is -2.28. The van der Waals surface area contributed by atoms with Crippen molar-refractivity contribution in [3.63, 3.8) is 0 Å². The number of anilines is 3. The molecule has 1 aliphatic rings. The number of nitrogens with zero attached hydrogens (tertiary/aromatic N) is 4. The number of aromatic nitrogens is 2. The molecule has 1 unspecified atom stereocenters. The monoisotopic (exact) mass is 434 g/mol. The number of carbonyl (C=O) groups excluding carboxylic acids is 1. The Hall–Kier alpha value is -3.52. The summed E-state index contributed by atoms with van der Waals surface area (Å²) >= 11 is 0. The van der Waals surface area contributed by atoms with E-state index in [0.717, 1.165) is 42.9 Å². The van der Waals surface area contributed by atoms with E-state index in [1.807, 2.05) is 30.3 Å². The van der Waals surface area contributed by atoms with E-state index in [-0.39, 0.29) is 11.9 Å². The van der Waals surface area contributed by atoms with Gasteiger partial charge < -0.3 is 20.9 Å². The molecular formula is C24H27FN6O. The topological polar surface area (TPSA) is 87.4 Å². The molecule has 0 radical (unpaired) electrons. The van der Waals surface area contributed by atoms with Gasteiger partial charge in [-0.25, -0.2) is 9.37 Å². The highest BCUT2D eigenvalue weighted by Crippen LogP contribution is 2.29. The van der Waals surface area contributed by atoms with Crippen LogP contribution in [-0.2, 0) is 17.8 Å². The molecule has 4 rings (SSSR count). The second kappa shape index (κ2) is 10.2. The van der Waals surface area contributed by atoms with Crippen molar-refractivity contribution in [2.24, 2.45) is 5.73 Å². The molecule has 166 valence electrons. The molecule has 3 N–H and O–H groups in total. The number of hydrogen-bond acceptors (Lipinski definition) is 6. The van der Waals surface area contributed by atoms with E-state index in [1.54, 1.807) is 23.4 Å². The van der Waals surface area contributed by atoms with E-state index < -0.39 is 0 Å². The average Bonchev–Trinajstić information content (AvgIpc) is 3.25. The van der Waals surface area contributed by atoms with Crippen molar-refractivity contribution in [2.45, 2.75) is 25.4 Å². The van der Waals surface area contributed by atoms with E-state index in [9.17, 15) is 9.18 Å². The van der Waals surface area contributed by atoms with Gasteiger partial charge >= 0.3 is 0 Å². The van der Waals surface area contributed by atoms with Crippen molar-refractivity contribution in [3.8, 4) is 0 Å². The summed E-state index contributed by atoms with van der Waals surface area (Å²) in [6.45, 7) is 2.53. The molecule has 1 saturated heterocycles. The number of hydrogen-bond donors (Lipinski definition) is 2. The molecule has 0 aliphatic carbocycles. The van der Waals surface area contributed by atoms with Crippen molar-refractivity contribution in [1.82, 2.24) is 9.97 Å². The van der Waals surface area contributed by atoms with Crippen LogP contribution in [0.1, 0.15) is 17.5 Å². The maximum Gasteiger partial charge on any atom is 0.214 e. The van der Waals surface area contributed by atoms with Crippen molar-refractivity contribution in [1.29, 1.82) is 0 Å². The minimum atomic E-state index is -0.253. The number of nitrogens with one attached hydrogen (secondary N) is 1. The van der Waals surface area contributed by atoms with Crippen molar-refractivity contribution >= 4 is 23.7 Å². The average molecular weight is 435 g/mol.